The van der Waals surface area contributed by atoms with Gasteiger partial charge in [-0.15, -0.1) is 6.58 Å². The van der Waals surface area contributed by atoms with Crippen molar-refractivity contribution in [2.75, 3.05) is 5.73 Å². The van der Waals surface area contributed by atoms with Crippen LogP contribution in [0.25, 0.3) is 5.82 Å². The number of unbranched alkanes of at least 4 members (excludes halogenated alkanes) is 1. The number of aryl methyl sites for hydroxylation is 1. The summed E-state index contributed by atoms with van der Waals surface area (Å²) in [5.41, 5.74) is 8.55. The number of aromatic nitrogens is 3. The highest BCUT2D eigenvalue weighted by atomic mass is 15.3. The first-order chi connectivity index (χ1) is 9.77. The Bertz CT molecular complexity index is 557. The van der Waals surface area contributed by atoms with Crippen LogP contribution in [-0.4, -0.2) is 14.8 Å². The number of hydrogen-bond acceptors (Lipinski definition) is 3. The van der Waals surface area contributed by atoms with Gasteiger partial charge < -0.3 is 5.73 Å². The van der Waals surface area contributed by atoms with E-state index < -0.39 is 0 Å². The Morgan fingerprint density at radius 3 is 2.85 bits per heavy atom. The van der Waals surface area contributed by atoms with Crippen LogP contribution in [0.15, 0.2) is 37.1 Å². The van der Waals surface area contributed by atoms with Gasteiger partial charge in [0.1, 0.15) is 5.82 Å². The zero-order valence-corrected chi connectivity index (χ0v) is 12.0. The highest BCUT2D eigenvalue weighted by Gasteiger charge is 2.15. The van der Waals surface area contributed by atoms with Crippen molar-refractivity contribution in [3.05, 3.63) is 48.3 Å². The molecule has 2 aromatic heterocycles. The van der Waals surface area contributed by atoms with Crippen LogP contribution in [0.1, 0.15) is 37.4 Å². The minimum atomic E-state index is 0.719. The summed E-state index contributed by atoms with van der Waals surface area (Å²) in [6, 6.07) is 5.76. The van der Waals surface area contributed by atoms with Gasteiger partial charge in [-0.1, -0.05) is 25.5 Å². The molecular weight excluding hydrogens is 248 g/mol. The molecule has 4 nitrogen and oxygen atoms in total. The first-order valence-electron chi connectivity index (χ1n) is 7.16. The monoisotopic (exact) mass is 270 g/mol. The maximum Gasteiger partial charge on any atom is 0.155 e. The second-order valence-corrected chi connectivity index (χ2v) is 4.84. The number of nitrogens with two attached hydrogens (primary N) is 1. The zero-order valence-electron chi connectivity index (χ0n) is 12.0. The normalized spacial score (nSPS) is 10.7. The van der Waals surface area contributed by atoms with E-state index in [0.717, 1.165) is 49.4 Å². The first kappa shape index (κ1) is 14.3. The molecule has 0 unspecified atom stereocenters. The lowest BCUT2D eigenvalue weighted by molar-refractivity contribution is 0.785. The molecule has 0 atom stereocenters. The third-order valence-electron chi connectivity index (χ3n) is 3.29. The summed E-state index contributed by atoms with van der Waals surface area (Å²) in [5.74, 6) is 1.49. The number of pyridine rings is 1. The van der Waals surface area contributed by atoms with E-state index in [9.17, 15) is 0 Å². The fourth-order valence-corrected chi connectivity index (χ4v) is 2.30. The molecule has 0 amide bonds. The molecule has 2 aromatic rings. The van der Waals surface area contributed by atoms with E-state index >= 15 is 0 Å². The molecule has 0 aromatic carbocycles. The third kappa shape index (κ3) is 3.07. The summed E-state index contributed by atoms with van der Waals surface area (Å²) in [7, 11) is 0. The summed E-state index contributed by atoms with van der Waals surface area (Å²) in [4.78, 5) is 4.33. The van der Waals surface area contributed by atoms with Gasteiger partial charge in [0.25, 0.3) is 0 Å². The molecular formula is C16H22N4. The number of anilines is 1. The van der Waals surface area contributed by atoms with Crippen molar-refractivity contribution in [3.63, 3.8) is 0 Å². The molecule has 0 saturated heterocycles. The molecule has 20 heavy (non-hydrogen) atoms. The van der Waals surface area contributed by atoms with Crippen LogP contribution in [0.2, 0.25) is 0 Å². The van der Waals surface area contributed by atoms with Gasteiger partial charge in [0.15, 0.2) is 5.82 Å². The molecule has 0 aliphatic rings. The first-order valence-corrected chi connectivity index (χ1v) is 7.16. The van der Waals surface area contributed by atoms with Gasteiger partial charge in [-0.25, -0.2) is 4.98 Å². The Labute approximate surface area is 120 Å². The molecule has 106 valence electrons. The minimum absolute atomic E-state index is 0.719. The lowest BCUT2D eigenvalue weighted by atomic mass is 10.1. The van der Waals surface area contributed by atoms with Gasteiger partial charge in [-0.05, 0) is 37.8 Å². The van der Waals surface area contributed by atoms with Gasteiger partial charge in [-0.3, -0.25) is 0 Å². The third-order valence-corrected chi connectivity index (χ3v) is 3.29. The highest BCUT2D eigenvalue weighted by Crippen LogP contribution is 2.23. The molecule has 0 bridgehead atoms. The summed E-state index contributed by atoms with van der Waals surface area (Å²) in [6.45, 7) is 5.92. The number of nitrogen functional groups attached to an aromatic ring is 1. The smallest absolute Gasteiger partial charge is 0.155 e. The van der Waals surface area contributed by atoms with Gasteiger partial charge in [0.05, 0.1) is 5.69 Å². The standard InChI is InChI=1S/C16H22N4/c1-3-5-6-10-13-14(9-4-2)19-20(16(13)17)15-11-7-8-12-18-15/h3,7-8,11-12H,1,4-6,9-10,17H2,2H3. The van der Waals surface area contributed by atoms with E-state index in [2.05, 4.69) is 23.6 Å². The van der Waals surface area contributed by atoms with Crippen LogP contribution >= 0.6 is 0 Å². The van der Waals surface area contributed by atoms with Crippen LogP contribution in [0.5, 0.6) is 0 Å². The Morgan fingerprint density at radius 1 is 1.35 bits per heavy atom. The molecule has 2 N–H and O–H groups in total. The van der Waals surface area contributed by atoms with Crippen molar-refractivity contribution in [2.45, 2.75) is 39.0 Å². The number of hydrogen-bond donors (Lipinski definition) is 1. The van der Waals surface area contributed by atoms with Gasteiger partial charge in [0.2, 0.25) is 0 Å². The maximum atomic E-state index is 6.28. The topological polar surface area (TPSA) is 56.7 Å². The van der Waals surface area contributed by atoms with E-state index in [4.69, 9.17) is 5.73 Å². The minimum Gasteiger partial charge on any atom is -0.383 e. The van der Waals surface area contributed by atoms with E-state index in [1.54, 1.807) is 10.9 Å². The van der Waals surface area contributed by atoms with E-state index in [0.29, 0.717) is 0 Å². The number of allylic oxidation sites excluding steroid dienone is 1. The molecule has 0 aliphatic carbocycles. The predicted molar refractivity (Wildman–Crippen MR) is 82.9 cm³/mol. The van der Waals surface area contributed by atoms with E-state index in [-0.39, 0.29) is 0 Å². The second kappa shape index (κ2) is 6.89. The molecule has 4 heteroatoms. The molecule has 0 radical (unpaired) electrons. The quantitative estimate of drug-likeness (QED) is 0.620. The lowest BCUT2D eigenvalue weighted by Crippen LogP contribution is -2.04. The van der Waals surface area contributed by atoms with E-state index in [1.165, 1.54) is 5.56 Å². The fraction of sp³-hybridized carbons (Fsp3) is 0.375. The van der Waals surface area contributed by atoms with Gasteiger partial charge >= 0.3 is 0 Å². The van der Waals surface area contributed by atoms with Crippen LogP contribution in [-0.2, 0) is 12.8 Å². The van der Waals surface area contributed by atoms with Gasteiger partial charge in [-0.2, -0.15) is 9.78 Å². The Kier molecular flexibility index (Phi) is 4.93. The van der Waals surface area contributed by atoms with Crippen molar-refractivity contribution in [2.24, 2.45) is 0 Å². The molecule has 0 spiro atoms. The van der Waals surface area contributed by atoms with Crippen molar-refractivity contribution < 1.29 is 0 Å². The van der Waals surface area contributed by atoms with Crippen molar-refractivity contribution >= 4 is 5.82 Å². The van der Waals surface area contributed by atoms with Crippen molar-refractivity contribution in [1.29, 1.82) is 0 Å². The Balaban J connectivity index is 2.34. The average Bonchev–Trinajstić information content (AvgIpc) is 2.78. The number of nitrogens with zero attached hydrogens (tertiary/aromatic N) is 3. The zero-order chi connectivity index (χ0) is 14.4. The Hall–Kier alpha value is -2.10. The van der Waals surface area contributed by atoms with Crippen LogP contribution in [0.4, 0.5) is 5.82 Å². The highest BCUT2D eigenvalue weighted by molar-refractivity contribution is 5.48. The van der Waals surface area contributed by atoms with Crippen molar-refractivity contribution in [1.82, 2.24) is 14.8 Å². The average molecular weight is 270 g/mol. The molecule has 0 aliphatic heterocycles. The Morgan fingerprint density at radius 2 is 2.20 bits per heavy atom. The fourth-order valence-electron chi connectivity index (χ4n) is 2.30. The van der Waals surface area contributed by atoms with E-state index in [1.807, 2.05) is 24.3 Å². The lowest BCUT2D eigenvalue weighted by Gasteiger charge is -2.03. The van der Waals surface area contributed by atoms with Crippen LogP contribution in [0.3, 0.4) is 0 Å². The summed E-state index contributed by atoms with van der Waals surface area (Å²) in [5, 5.41) is 4.65. The predicted octanol–water partition coefficient (Wildman–Crippen LogP) is 3.31. The molecule has 2 heterocycles. The molecule has 0 saturated carbocycles. The SMILES string of the molecule is C=CCCCc1c(CCC)nn(-c2ccccn2)c1N. The summed E-state index contributed by atoms with van der Waals surface area (Å²) in [6.07, 6.45) is 8.71. The van der Waals surface area contributed by atoms with Gasteiger partial charge in [0, 0.05) is 11.8 Å². The van der Waals surface area contributed by atoms with Crippen molar-refractivity contribution in [3.8, 4) is 5.82 Å². The maximum absolute atomic E-state index is 6.28. The van der Waals surface area contributed by atoms with Crippen LogP contribution < -0.4 is 5.73 Å². The molecule has 2 rings (SSSR count). The summed E-state index contributed by atoms with van der Waals surface area (Å²) < 4.78 is 1.76. The van der Waals surface area contributed by atoms with Crippen LogP contribution in [0, 0.1) is 0 Å². The largest absolute Gasteiger partial charge is 0.383 e. The summed E-state index contributed by atoms with van der Waals surface area (Å²) >= 11 is 0. The number of rotatable bonds is 7. The second-order valence-electron chi connectivity index (χ2n) is 4.84. The molecule has 0 fully saturated rings.